The molecule has 0 aliphatic carbocycles. The highest BCUT2D eigenvalue weighted by molar-refractivity contribution is 5.67. The Labute approximate surface area is 70.2 Å². The molecule has 13 heavy (non-hydrogen) atoms. The van der Waals surface area contributed by atoms with Crippen molar-refractivity contribution in [2.24, 2.45) is 0 Å². The van der Waals surface area contributed by atoms with Crippen LogP contribution in [0.1, 0.15) is 5.89 Å². The third kappa shape index (κ3) is 1.34. The molecule has 0 aliphatic rings. The number of nitrogens with zero attached hydrogens (tertiary/aromatic N) is 2. The van der Waals surface area contributed by atoms with Crippen LogP contribution in [-0.4, -0.2) is 9.97 Å². The van der Waals surface area contributed by atoms with E-state index in [9.17, 15) is 13.2 Å². The molecule has 0 radical (unpaired) electrons. The Morgan fingerprint density at radius 3 is 2.69 bits per heavy atom. The van der Waals surface area contributed by atoms with Crippen LogP contribution in [0, 0.1) is 0 Å². The standard InChI is InChI=1S/C7H3F3N2O/c8-7(9,10)6-12-4-2-1-3-11-5(4)13-6/h1-3H. The lowest BCUT2D eigenvalue weighted by molar-refractivity contribution is -0.156. The van der Waals surface area contributed by atoms with Gasteiger partial charge in [0, 0.05) is 6.20 Å². The Bertz CT molecular complexity index is 401. The molecule has 3 nitrogen and oxygen atoms in total. The first-order valence-electron chi connectivity index (χ1n) is 3.36. The molecule has 68 valence electrons. The van der Waals surface area contributed by atoms with Crippen LogP contribution in [-0.2, 0) is 6.18 Å². The molecule has 0 amide bonds. The molecule has 0 atom stereocenters. The maximum atomic E-state index is 12.0. The van der Waals surface area contributed by atoms with Gasteiger partial charge in [0.05, 0.1) is 0 Å². The van der Waals surface area contributed by atoms with Gasteiger partial charge in [-0.2, -0.15) is 13.2 Å². The Balaban J connectivity index is 2.63. The van der Waals surface area contributed by atoms with E-state index in [1.165, 1.54) is 18.3 Å². The molecule has 2 heterocycles. The van der Waals surface area contributed by atoms with E-state index in [0.29, 0.717) is 0 Å². The zero-order valence-electron chi connectivity index (χ0n) is 6.17. The van der Waals surface area contributed by atoms with Crippen molar-refractivity contribution in [3.8, 4) is 0 Å². The molecule has 0 aromatic carbocycles. The Hall–Kier alpha value is -1.59. The third-order valence-corrected chi connectivity index (χ3v) is 1.41. The van der Waals surface area contributed by atoms with Gasteiger partial charge in [-0.15, -0.1) is 0 Å². The van der Waals surface area contributed by atoms with Gasteiger partial charge >= 0.3 is 12.1 Å². The van der Waals surface area contributed by atoms with Crippen LogP contribution in [0.5, 0.6) is 0 Å². The van der Waals surface area contributed by atoms with Crippen molar-refractivity contribution < 1.29 is 17.6 Å². The molecule has 0 saturated carbocycles. The number of fused-ring (bicyclic) bond motifs is 1. The van der Waals surface area contributed by atoms with Gasteiger partial charge in [0.15, 0.2) is 0 Å². The van der Waals surface area contributed by atoms with Crippen LogP contribution in [0.15, 0.2) is 22.7 Å². The molecule has 0 fully saturated rings. The molecule has 0 saturated heterocycles. The van der Waals surface area contributed by atoms with Gasteiger partial charge in [-0.1, -0.05) is 0 Å². The number of hydrogen-bond donors (Lipinski definition) is 0. The highest BCUT2D eigenvalue weighted by Crippen LogP contribution is 2.30. The van der Waals surface area contributed by atoms with E-state index in [4.69, 9.17) is 0 Å². The van der Waals surface area contributed by atoms with E-state index in [0.717, 1.165) is 0 Å². The molecule has 6 heteroatoms. The normalized spacial score (nSPS) is 12.2. The van der Waals surface area contributed by atoms with E-state index in [1.54, 1.807) is 0 Å². The van der Waals surface area contributed by atoms with Crippen LogP contribution >= 0.6 is 0 Å². The van der Waals surface area contributed by atoms with Crippen LogP contribution < -0.4 is 0 Å². The first-order valence-corrected chi connectivity index (χ1v) is 3.36. The van der Waals surface area contributed by atoms with Crippen molar-refractivity contribution in [2.45, 2.75) is 6.18 Å². The van der Waals surface area contributed by atoms with Gasteiger partial charge < -0.3 is 4.42 Å². The maximum absolute atomic E-state index is 12.0. The molecule has 0 N–H and O–H groups in total. The SMILES string of the molecule is FC(F)(F)c1nc2cccnc2o1. The van der Waals surface area contributed by atoms with Gasteiger partial charge in [-0.3, -0.25) is 0 Å². The van der Waals surface area contributed by atoms with Gasteiger partial charge in [0.2, 0.25) is 5.71 Å². The van der Waals surface area contributed by atoms with Crippen molar-refractivity contribution in [3.63, 3.8) is 0 Å². The fourth-order valence-corrected chi connectivity index (χ4v) is 0.891. The Kier molecular flexibility index (Phi) is 1.51. The largest absolute Gasteiger partial charge is 0.469 e. The summed E-state index contributed by atoms with van der Waals surface area (Å²) in [6, 6.07) is 2.89. The maximum Gasteiger partial charge on any atom is 0.469 e. The van der Waals surface area contributed by atoms with Crippen molar-refractivity contribution in [2.75, 3.05) is 0 Å². The third-order valence-electron chi connectivity index (χ3n) is 1.41. The second kappa shape index (κ2) is 2.45. The highest BCUT2D eigenvalue weighted by Gasteiger charge is 2.37. The van der Waals surface area contributed by atoms with E-state index >= 15 is 0 Å². The van der Waals surface area contributed by atoms with Gasteiger partial charge in [-0.25, -0.2) is 9.97 Å². The summed E-state index contributed by atoms with van der Waals surface area (Å²) in [6.07, 6.45) is -3.21. The van der Waals surface area contributed by atoms with Crippen LogP contribution in [0.4, 0.5) is 13.2 Å². The minimum absolute atomic E-state index is 0.102. The first kappa shape index (κ1) is 8.03. The van der Waals surface area contributed by atoms with Gasteiger partial charge in [0.1, 0.15) is 5.52 Å². The summed E-state index contributed by atoms with van der Waals surface area (Å²) in [7, 11) is 0. The van der Waals surface area contributed by atoms with Crippen LogP contribution in [0.25, 0.3) is 11.2 Å². The number of alkyl halides is 3. The number of oxazole rings is 1. The van der Waals surface area contributed by atoms with Gasteiger partial charge in [-0.05, 0) is 12.1 Å². The van der Waals surface area contributed by atoms with E-state index in [2.05, 4.69) is 14.4 Å². The molecule has 2 aromatic rings. The topological polar surface area (TPSA) is 38.9 Å². The monoisotopic (exact) mass is 188 g/mol. The lowest BCUT2D eigenvalue weighted by atomic mass is 10.4. The number of pyridine rings is 1. The number of rotatable bonds is 0. The second-order valence-electron chi connectivity index (χ2n) is 2.34. The van der Waals surface area contributed by atoms with Crippen molar-refractivity contribution >= 4 is 11.2 Å². The number of aromatic nitrogens is 2. The second-order valence-corrected chi connectivity index (χ2v) is 2.34. The molecular weight excluding hydrogens is 185 g/mol. The molecule has 0 bridgehead atoms. The number of halogens is 3. The quantitative estimate of drug-likeness (QED) is 0.636. The smallest absolute Gasteiger partial charge is 0.414 e. The average Bonchev–Trinajstić information content (AvgIpc) is 2.45. The summed E-state index contributed by atoms with van der Waals surface area (Å²) in [5, 5.41) is 0. The molecule has 2 rings (SSSR count). The fraction of sp³-hybridized carbons (Fsp3) is 0.143. The molecule has 2 aromatic heterocycles. The van der Waals surface area contributed by atoms with Gasteiger partial charge in [0.25, 0.3) is 0 Å². The summed E-state index contributed by atoms with van der Waals surface area (Å²) in [6.45, 7) is 0. The van der Waals surface area contributed by atoms with Crippen LogP contribution in [0.3, 0.4) is 0 Å². The van der Waals surface area contributed by atoms with Crippen molar-refractivity contribution in [3.05, 3.63) is 24.2 Å². The summed E-state index contributed by atoms with van der Waals surface area (Å²) in [5.41, 5.74) is 0.00431. The van der Waals surface area contributed by atoms with Crippen molar-refractivity contribution in [1.29, 1.82) is 0 Å². The molecule has 0 aliphatic heterocycles. The summed E-state index contributed by atoms with van der Waals surface area (Å²) in [4.78, 5) is 6.82. The summed E-state index contributed by atoms with van der Waals surface area (Å²) >= 11 is 0. The highest BCUT2D eigenvalue weighted by atomic mass is 19.4. The predicted molar refractivity (Wildman–Crippen MR) is 36.8 cm³/mol. The zero-order chi connectivity index (χ0) is 9.47. The van der Waals surface area contributed by atoms with E-state index < -0.39 is 12.1 Å². The van der Waals surface area contributed by atoms with Crippen LogP contribution in [0.2, 0.25) is 0 Å². The fourth-order valence-electron chi connectivity index (χ4n) is 0.891. The predicted octanol–water partition coefficient (Wildman–Crippen LogP) is 2.24. The minimum Gasteiger partial charge on any atom is -0.414 e. The lowest BCUT2D eigenvalue weighted by Gasteiger charge is -1.96. The van der Waals surface area contributed by atoms with E-state index in [1.807, 2.05) is 0 Å². The minimum atomic E-state index is -4.55. The zero-order valence-corrected chi connectivity index (χ0v) is 6.17. The summed E-state index contributed by atoms with van der Waals surface area (Å²) < 4.78 is 40.5. The lowest BCUT2D eigenvalue weighted by Crippen LogP contribution is -2.04. The molecular formula is C7H3F3N2O. The molecule has 0 unspecified atom stereocenters. The number of hydrogen-bond acceptors (Lipinski definition) is 3. The molecule has 0 spiro atoms. The Morgan fingerprint density at radius 1 is 1.31 bits per heavy atom. The first-order chi connectivity index (χ1) is 6.07. The van der Waals surface area contributed by atoms with E-state index in [-0.39, 0.29) is 11.2 Å². The van der Waals surface area contributed by atoms with Crippen molar-refractivity contribution in [1.82, 2.24) is 9.97 Å². The Morgan fingerprint density at radius 2 is 2.08 bits per heavy atom. The summed E-state index contributed by atoms with van der Waals surface area (Å²) in [5.74, 6) is -1.26. The average molecular weight is 188 g/mol.